The molecule has 0 amide bonds. The van der Waals surface area contributed by atoms with Gasteiger partial charge in [0.25, 0.3) is 0 Å². The van der Waals surface area contributed by atoms with Crippen LogP contribution in [0.5, 0.6) is 0 Å². The maximum Gasteiger partial charge on any atom is 0.343 e. The number of thioether (sulfide) groups is 1. The number of ether oxygens (including phenoxy) is 1. The van der Waals surface area contributed by atoms with Gasteiger partial charge in [-0.25, -0.2) is 9.89 Å². The summed E-state index contributed by atoms with van der Waals surface area (Å²) in [7, 11) is 1.61. The Hall–Kier alpha value is -1.57. The Kier molecular flexibility index (Phi) is 6.23. The number of methoxy groups -OCH3 is 1. The van der Waals surface area contributed by atoms with Gasteiger partial charge in [0, 0.05) is 30.8 Å². The molecular formula is C14H16ClN3O3S. The maximum atomic E-state index is 12.1. The second-order valence-electron chi connectivity index (χ2n) is 4.53. The number of benzene rings is 1. The van der Waals surface area contributed by atoms with E-state index in [0.717, 1.165) is 0 Å². The average Bonchev–Trinajstić information content (AvgIpc) is 2.86. The third-order valence-corrected chi connectivity index (χ3v) is 4.18. The van der Waals surface area contributed by atoms with Crippen LogP contribution in [-0.4, -0.2) is 40.0 Å². The van der Waals surface area contributed by atoms with E-state index in [1.54, 1.807) is 31.4 Å². The van der Waals surface area contributed by atoms with Gasteiger partial charge in [0.1, 0.15) is 0 Å². The van der Waals surface area contributed by atoms with Crippen molar-refractivity contribution in [1.82, 2.24) is 14.8 Å². The number of H-pyrrole nitrogens is 1. The lowest BCUT2D eigenvalue weighted by Crippen LogP contribution is -2.18. The fourth-order valence-electron chi connectivity index (χ4n) is 1.83. The van der Waals surface area contributed by atoms with Crippen LogP contribution in [0.25, 0.3) is 0 Å². The largest absolute Gasteiger partial charge is 0.385 e. The van der Waals surface area contributed by atoms with E-state index >= 15 is 0 Å². The lowest BCUT2D eigenvalue weighted by Gasteiger charge is -2.05. The standard InChI is InChI=1S/C14H16ClN3O3S/c1-21-8-2-7-18-13(20)16-17-14(18)22-9-12(19)10-3-5-11(15)6-4-10/h3-6H,2,7-9H2,1H3,(H,16,20). The molecule has 1 N–H and O–H groups in total. The molecule has 1 heterocycles. The van der Waals surface area contributed by atoms with E-state index in [1.165, 1.54) is 16.3 Å². The number of rotatable bonds is 8. The van der Waals surface area contributed by atoms with Crippen LogP contribution in [0.4, 0.5) is 0 Å². The van der Waals surface area contributed by atoms with Gasteiger partial charge in [-0.05, 0) is 30.7 Å². The third-order valence-electron chi connectivity index (χ3n) is 2.95. The van der Waals surface area contributed by atoms with Gasteiger partial charge in [0.2, 0.25) is 0 Å². The highest BCUT2D eigenvalue weighted by Crippen LogP contribution is 2.17. The number of Topliss-reactive ketones (excluding diaryl/α,β-unsaturated/α-hetero) is 1. The summed E-state index contributed by atoms with van der Waals surface area (Å²) in [5, 5.41) is 7.44. The van der Waals surface area contributed by atoms with Crippen LogP contribution in [0, 0.1) is 0 Å². The molecule has 0 spiro atoms. The SMILES string of the molecule is COCCCn1c(SCC(=O)c2ccc(Cl)cc2)n[nH]c1=O. The first-order valence-corrected chi connectivity index (χ1v) is 8.04. The Bertz CT molecular complexity index is 681. The van der Waals surface area contributed by atoms with E-state index in [0.29, 0.717) is 35.3 Å². The molecule has 8 heteroatoms. The number of nitrogens with one attached hydrogen (secondary N) is 1. The first-order valence-electron chi connectivity index (χ1n) is 6.67. The van der Waals surface area contributed by atoms with Crippen molar-refractivity contribution in [3.05, 3.63) is 45.3 Å². The van der Waals surface area contributed by atoms with Gasteiger partial charge in [0.05, 0.1) is 5.75 Å². The lowest BCUT2D eigenvalue weighted by molar-refractivity contribution is 0.102. The van der Waals surface area contributed by atoms with Gasteiger partial charge < -0.3 is 4.74 Å². The molecule has 0 aliphatic carbocycles. The van der Waals surface area contributed by atoms with Crippen LogP contribution >= 0.6 is 23.4 Å². The van der Waals surface area contributed by atoms with Crippen molar-refractivity contribution >= 4 is 29.1 Å². The summed E-state index contributed by atoms with van der Waals surface area (Å²) >= 11 is 7.02. The van der Waals surface area contributed by atoms with Crippen molar-refractivity contribution in [1.29, 1.82) is 0 Å². The highest BCUT2D eigenvalue weighted by atomic mass is 35.5. The summed E-state index contributed by atoms with van der Waals surface area (Å²) in [6, 6.07) is 6.71. The molecule has 2 aromatic rings. The topological polar surface area (TPSA) is 77.0 Å². The highest BCUT2D eigenvalue weighted by molar-refractivity contribution is 7.99. The fraction of sp³-hybridized carbons (Fsp3) is 0.357. The summed E-state index contributed by atoms with van der Waals surface area (Å²) in [4.78, 5) is 23.8. The molecular weight excluding hydrogens is 326 g/mol. The molecule has 0 bridgehead atoms. The van der Waals surface area contributed by atoms with Crippen LogP contribution < -0.4 is 5.69 Å². The van der Waals surface area contributed by atoms with Gasteiger partial charge >= 0.3 is 5.69 Å². The van der Waals surface area contributed by atoms with Gasteiger partial charge in [-0.2, -0.15) is 0 Å². The van der Waals surface area contributed by atoms with Crippen LogP contribution in [-0.2, 0) is 11.3 Å². The van der Waals surface area contributed by atoms with Crippen molar-refractivity contribution in [2.24, 2.45) is 0 Å². The monoisotopic (exact) mass is 341 g/mol. The zero-order chi connectivity index (χ0) is 15.9. The number of aromatic amines is 1. The molecule has 0 fully saturated rings. The molecule has 1 aromatic carbocycles. The first kappa shape index (κ1) is 16.8. The third kappa shape index (κ3) is 4.46. The van der Waals surface area contributed by atoms with Crippen LogP contribution in [0.1, 0.15) is 16.8 Å². The van der Waals surface area contributed by atoms with E-state index in [1.807, 2.05) is 0 Å². The predicted octanol–water partition coefficient (Wildman–Crippen LogP) is 2.24. The molecule has 0 aliphatic rings. The molecule has 0 atom stereocenters. The summed E-state index contributed by atoms with van der Waals surface area (Å²) in [5.41, 5.74) is 0.304. The van der Waals surface area contributed by atoms with Gasteiger partial charge in [0.15, 0.2) is 10.9 Å². The quantitative estimate of drug-likeness (QED) is 0.452. The second kappa shape index (κ2) is 8.17. The first-order chi connectivity index (χ1) is 10.6. The van der Waals surface area contributed by atoms with Crippen LogP contribution in [0.2, 0.25) is 5.02 Å². The fourth-order valence-corrected chi connectivity index (χ4v) is 2.82. The zero-order valence-electron chi connectivity index (χ0n) is 12.0. The minimum atomic E-state index is -0.280. The molecule has 118 valence electrons. The summed E-state index contributed by atoms with van der Waals surface area (Å²) in [6.07, 6.45) is 0.703. The smallest absolute Gasteiger partial charge is 0.343 e. The molecule has 0 radical (unpaired) electrons. The van der Waals surface area contributed by atoms with E-state index in [9.17, 15) is 9.59 Å². The Morgan fingerprint density at radius 3 is 2.82 bits per heavy atom. The molecule has 0 saturated heterocycles. The normalized spacial score (nSPS) is 10.8. The molecule has 1 aromatic heterocycles. The van der Waals surface area contributed by atoms with Gasteiger partial charge in [-0.15, -0.1) is 5.10 Å². The molecule has 6 nitrogen and oxygen atoms in total. The minimum absolute atomic E-state index is 0.0412. The summed E-state index contributed by atoms with van der Waals surface area (Å²) in [6.45, 7) is 1.06. The van der Waals surface area contributed by atoms with Crippen molar-refractivity contribution in [3.63, 3.8) is 0 Å². The average molecular weight is 342 g/mol. The molecule has 22 heavy (non-hydrogen) atoms. The summed E-state index contributed by atoms with van der Waals surface area (Å²) < 4.78 is 6.48. The summed E-state index contributed by atoms with van der Waals surface area (Å²) in [5.74, 6) is 0.163. The van der Waals surface area contributed by atoms with Gasteiger partial charge in [-0.3, -0.25) is 9.36 Å². The van der Waals surface area contributed by atoms with Crippen molar-refractivity contribution in [2.45, 2.75) is 18.1 Å². The number of hydrogen-bond donors (Lipinski definition) is 1. The number of carbonyl (C=O) groups is 1. The van der Waals surface area contributed by atoms with Crippen molar-refractivity contribution in [3.8, 4) is 0 Å². The number of hydrogen-bond acceptors (Lipinski definition) is 5. The zero-order valence-corrected chi connectivity index (χ0v) is 13.6. The molecule has 0 saturated carbocycles. The van der Waals surface area contributed by atoms with Crippen LogP contribution in [0.3, 0.4) is 0 Å². The number of halogens is 1. The molecule has 2 rings (SSSR count). The van der Waals surface area contributed by atoms with E-state index in [-0.39, 0.29) is 17.2 Å². The highest BCUT2D eigenvalue weighted by Gasteiger charge is 2.12. The minimum Gasteiger partial charge on any atom is -0.385 e. The van der Waals surface area contributed by atoms with Crippen molar-refractivity contribution < 1.29 is 9.53 Å². The predicted molar refractivity (Wildman–Crippen MR) is 85.8 cm³/mol. The van der Waals surface area contributed by atoms with Crippen LogP contribution in [0.15, 0.2) is 34.2 Å². The Morgan fingerprint density at radius 2 is 2.14 bits per heavy atom. The number of ketones is 1. The van der Waals surface area contributed by atoms with E-state index in [4.69, 9.17) is 16.3 Å². The van der Waals surface area contributed by atoms with E-state index in [2.05, 4.69) is 10.2 Å². The molecule has 0 aliphatic heterocycles. The lowest BCUT2D eigenvalue weighted by atomic mass is 10.1. The maximum absolute atomic E-state index is 12.1. The van der Waals surface area contributed by atoms with Crippen molar-refractivity contribution in [2.75, 3.05) is 19.5 Å². The van der Waals surface area contributed by atoms with Gasteiger partial charge in [-0.1, -0.05) is 23.4 Å². The second-order valence-corrected chi connectivity index (χ2v) is 5.91. The number of carbonyl (C=O) groups excluding carboxylic acids is 1. The van der Waals surface area contributed by atoms with E-state index < -0.39 is 0 Å². The molecule has 0 unspecified atom stereocenters. The Morgan fingerprint density at radius 1 is 1.41 bits per heavy atom. The Labute approximate surface area is 136 Å². The number of aromatic nitrogens is 3. The number of nitrogens with zero attached hydrogens (tertiary/aromatic N) is 2. The Balaban J connectivity index is 1.97.